The Morgan fingerprint density at radius 2 is 0.710 bits per heavy atom. The predicted molar refractivity (Wildman–Crippen MR) is 288 cm³/mol. The number of nitrogens with one attached hydrogen (secondary N) is 1. The molecule has 8 rings (SSSR count). The van der Waals surface area contributed by atoms with Gasteiger partial charge >= 0.3 is 0 Å². The lowest BCUT2D eigenvalue weighted by atomic mass is 10.1. The average molecular weight is 1010 g/mol. The van der Waals surface area contributed by atoms with Gasteiger partial charge in [-0.05, 0) is 111 Å². The number of halogens is 4. The van der Waals surface area contributed by atoms with Crippen molar-refractivity contribution in [1.29, 1.82) is 0 Å². The molecule has 4 aromatic carbocycles. The number of aromatic nitrogens is 4. The topological polar surface area (TPSA) is 140 Å². The molecule has 4 heterocycles. The fourth-order valence-corrected chi connectivity index (χ4v) is 8.99. The lowest BCUT2D eigenvalue weighted by molar-refractivity contribution is 0.290. The third kappa shape index (κ3) is 13.9. The molecule has 0 fully saturated rings. The van der Waals surface area contributed by atoms with Crippen LogP contribution >= 0.6 is 46.4 Å². The summed E-state index contributed by atoms with van der Waals surface area (Å²) in [6.45, 7) is 8.22. The first-order valence-electron chi connectivity index (χ1n) is 22.9. The summed E-state index contributed by atoms with van der Waals surface area (Å²) in [5.74, 6) is 0. The Morgan fingerprint density at radius 3 is 1.07 bits per heavy atom. The predicted octanol–water partition coefficient (Wildman–Crippen LogP) is 9.25. The van der Waals surface area contributed by atoms with E-state index < -0.39 is 0 Å². The third-order valence-corrected chi connectivity index (χ3v) is 12.9. The largest absolute Gasteiger partial charge is 0.395 e. The molecule has 362 valence electrons. The molecule has 4 aromatic heterocycles. The van der Waals surface area contributed by atoms with Gasteiger partial charge in [0.2, 0.25) is 0 Å². The Hall–Kier alpha value is -5.32. The molecule has 8 aromatic rings. The van der Waals surface area contributed by atoms with E-state index in [0.29, 0.717) is 39.7 Å². The van der Waals surface area contributed by atoms with E-state index >= 15 is 0 Å². The number of aliphatic hydroxyl groups is 3. The van der Waals surface area contributed by atoms with Gasteiger partial charge in [0.25, 0.3) is 0 Å². The molecular weight excluding hydrogens is 954 g/mol. The minimum absolute atomic E-state index is 0.0601. The highest BCUT2D eigenvalue weighted by atomic mass is 35.5. The van der Waals surface area contributed by atoms with E-state index in [4.69, 9.17) is 46.4 Å². The molecule has 0 amide bonds. The van der Waals surface area contributed by atoms with Crippen LogP contribution in [0, 0.1) is 0 Å². The van der Waals surface area contributed by atoms with Crippen LogP contribution in [0.15, 0.2) is 122 Å². The van der Waals surface area contributed by atoms with Crippen LogP contribution in [0.5, 0.6) is 0 Å². The molecule has 0 unspecified atom stereocenters. The smallest absolute Gasteiger partial charge is 0.0737 e. The van der Waals surface area contributed by atoms with Crippen LogP contribution in [0.3, 0.4) is 0 Å². The molecule has 0 bridgehead atoms. The van der Waals surface area contributed by atoms with Gasteiger partial charge in [-0.15, -0.1) is 0 Å². The first-order valence-corrected chi connectivity index (χ1v) is 24.4. The summed E-state index contributed by atoms with van der Waals surface area (Å²) >= 11 is 24.5. The summed E-state index contributed by atoms with van der Waals surface area (Å²) in [5, 5.41) is 39.3. The summed E-state index contributed by atoms with van der Waals surface area (Å²) in [5.41, 5.74) is 7.57. The summed E-state index contributed by atoms with van der Waals surface area (Å²) in [6, 6.07) is 30.8. The van der Waals surface area contributed by atoms with E-state index in [1.165, 1.54) is 0 Å². The molecule has 0 atom stereocenters. The van der Waals surface area contributed by atoms with Crippen LogP contribution in [0.4, 0.5) is 22.7 Å². The second-order valence-corrected chi connectivity index (χ2v) is 18.4. The van der Waals surface area contributed by atoms with Gasteiger partial charge < -0.3 is 45.1 Å². The lowest BCUT2D eigenvalue weighted by Crippen LogP contribution is -2.39. The second kappa shape index (κ2) is 25.5. The van der Waals surface area contributed by atoms with Crippen LogP contribution in [0.2, 0.25) is 20.1 Å². The van der Waals surface area contributed by atoms with Crippen molar-refractivity contribution in [3.8, 4) is 0 Å². The summed E-state index contributed by atoms with van der Waals surface area (Å²) in [7, 11) is 4.19. The highest BCUT2D eigenvalue weighted by Crippen LogP contribution is 2.31. The Kier molecular flexibility index (Phi) is 19.1. The molecule has 0 aliphatic carbocycles. The number of anilines is 4. The van der Waals surface area contributed by atoms with Crippen molar-refractivity contribution in [2.75, 3.05) is 126 Å². The number of aliphatic hydroxyl groups excluding tert-OH is 3. The number of rotatable bonds is 22. The Labute approximate surface area is 423 Å². The monoisotopic (exact) mass is 1010 g/mol. The first kappa shape index (κ1) is 51.5. The van der Waals surface area contributed by atoms with E-state index in [9.17, 15) is 15.3 Å². The standard InChI is InChI=1S/C27H31Cl2N5O2.C25H27Cl2N5O/c1-32(10-12-33(14-16-35)26-6-8-30-24-18-20(28)2-4-22(24)26)11-13-34(15-17-36)27-7-9-31-25-19-21(29)3-5-23(25)27;1-31(11-10-30-22-6-8-28-23-16-18(26)2-4-20(22)23)12-13-32(14-15-33)25-7-9-29-24-17-19(27)3-5-21(24)25/h2-9,18-19,35-36H,10-17H2,1H3;2-9,16-17,33H,10-15H2,1H3,(H,28,30). The van der Waals surface area contributed by atoms with Crippen molar-refractivity contribution in [2.24, 2.45) is 0 Å². The van der Waals surface area contributed by atoms with Gasteiger partial charge in [-0.25, -0.2) is 0 Å². The quantitative estimate of drug-likeness (QED) is 0.0514. The molecule has 13 nitrogen and oxygen atoms in total. The normalized spacial score (nSPS) is 11.5. The summed E-state index contributed by atoms with van der Waals surface area (Å²) in [6.07, 6.45) is 7.14. The van der Waals surface area contributed by atoms with Crippen molar-refractivity contribution in [3.63, 3.8) is 0 Å². The van der Waals surface area contributed by atoms with E-state index in [-0.39, 0.29) is 19.8 Å². The molecule has 0 saturated carbocycles. The number of hydrogen-bond donors (Lipinski definition) is 4. The van der Waals surface area contributed by atoms with Gasteiger partial charge in [-0.3, -0.25) is 19.9 Å². The minimum atomic E-state index is 0.0601. The number of benzene rings is 4. The molecule has 0 radical (unpaired) electrons. The summed E-state index contributed by atoms with van der Waals surface area (Å²) in [4.78, 5) is 28.8. The molecule has 4 N–H and O–H groups in total. The van der Waals surface area contributed by atoms with Gasteiger partial charge in [-0.2, -0.15) is 0 Å². The number of fused-ring (bicyclic) bond motifs is 4. The van der Waals surface area contributed by atoms with Gasteiger partial charge in [0.1, 0.15) is 0 Å². The van der Waals surface area contributed by atoms with Crippen LogP contribution < -0.4 is 20.0 Å². The molecule has 0 saturated heterocycles. The maximum Gasteiger partial charge on any atom is 0.0737 e. The highest BCUT2D eigenvalue weighted by Gasteiger charge is 2.16. The molecule has 0 spiro atoms. The van der Waals surface area contributed by atoms with Crippen LogP contribution in [0.25, 0.3) is 43.6 Å². The van der Waals surface area contributed by atoms with Crippen molar-refractivity contribution < 1.29 is 15.3 Å². The fraction of sp³-hybridized carbons (Fsp3) is 0.308. The van der Waals surface area contributed by atoms with Crippen molar-refractivity contribution in [3.05, 3.63) is 142 Å². The van der Waals surface area contributed by atoms with E-state index in [1.54, 1.807) is 24.8 Å². The number of hydrogen-bond acceptors (Lipinski definition) is 13. The molecule has 69 heavy (non-hydrogen) atoms. The highest BCUT2D eigenvalue weighted by molar-refractivity contribution is 6.32. The molecule has 0 aliphatic heterocycles. The average Bonchev–Trinajstić information content (AvgIpc) is 3.34. The van der Waals surface area contributed by atoms with Crippen LogP contribution in [-0.4, -0.2) is 151 Å². The SMILES string of the molecule is CN(CCN(CCO)c1ccnc2cc(Cl)ccc12)CCN(CCO)c1ccnc2cc(Cl)ccc12.CN(CCNc1ccnc2cc(Cl)ccc12)CCN(CCO)c1ccnc2cc(Cl)ccc12. The maximum absolute atomic E-state index is 9.71. The van der Waals surface area contributed by atoms with Crippen molar-refractivity contribution in [1.82, 2.24) is 29.7 Å². The van der Waals surface area contributed by atoms with Crippen LogP contribution in [-0.2, 0) is 0 Å². The second-order valence-electron chi connectivity index (χ2n) is 16.7. The maximum atomic E-state index is 9.71. The van der Waals surface area contributed by atoms with E-state index in [1.807, 2.05) is 97.1 Å². The van der Waals surface area contributed by atoms with Crippen LogP contribution in [0.1, 0.15) is 0 Å². The molecule has 0 aliphatic rings. The zero-order valence-corrected chi connectivity index (χ0v) is 41.8. The summed E-state index contributed by atoms with van der Waals surface area (Å²) < 4.78 is 0. The minimum Gasteiger partial charge on any atom is -0.395 e. The molecular formula is C52H58Cl4N10O3. The van der Waals surface area contributed by atoms with Gasteiger partial charge in [-0.1, -0.05) is 46.4 Å². The Morgan fingerprint density at radius 1 is 0.391 bits per heavy atom. The van der Waals surface area contributed by atoms with Crippen molar-refractivity contribution >= 4 is 113 Å². The molecule has 17 heteroatoms. The van der Waals surface area contributed by atoms with Crippen molar-refractivity contribution in [2.45, 2.75) is 0 Å². The van der Waals surface area contributed by atoms with E-state index in [0.717, 1.165) is 119 Å². The fourth-order valence-electron chi connectivity index (χ4n) is 8.32. The van der Waals surface area contributed by atoms with E-state index in [2.05, 4.69) is 63.8 Å². The number of likely N-dealkylation sites (N-methyl/N-ethyl adjacent to an activating group) is 2. The number of nitrogens with zero attached hydrogens (tertiary/aromatic N) is 9. The number of pyridine rings is 4. The van der Waals surface area contributed by atoms with Gasteiger partial charge in [0, 0.05) is 161 Å². The Balaban J connectivity index is 0.000000205. The van der Waals surface area contributed by atoms with Gasteiger partial charge in [0.05, 0.1) is 41.9 Å². The third-order valence-electron chi connectivity index (χ3n) is 11.9. The van der Waals surface area contributed by atoms with Gasteiger partial charge in [0.15, 0.2) is 0 Å². The first-order chi connectivity index (χ1) is 33.5. The zero-order valence-electron chi connectivity index (χ0n) is 38.8. The zero-order chi connectivity index (χ0) is 48.7. The lowest BCUT2D eigenvalue weighted by Gasteiger charge is -2.30. The Bertz CT molecular complexity index is 2840.